The number of hydrogen-bond acceptors (Lipinski definition) is 7. The fourth-order valence-electron chi connectivity index (χ4n) is 5.71. The smallest absolute Gasteiger partial charge is 0.257 e. The Balaban J connectivity index is 1.09. The van der Waals surface area contributed by atoms with E-state index in [4.69, 9.17) is 9.47 Å². The Morgan fingerprint density at radius 1 is 0.870 bits per heavy atom. The Bertz CT molecular complexity index is 1890. The molecule has 4 aromatic carbocycles. The Morgan fingerprint density at radius 3 is 2.39 bits per heavy atom. The Labute approximate surface area is 273 Å². The fraction of sp³-hybridized carbons (Fsp3) is 0.216. The number of nitrogens with zero attached hydrogens (tertiary/aromatic N) is 2. The average molecular weight is 633 g/mol. The van der Waals surface area contributed by atoms with Gasteiger partial charge in [-0.2, -0.15) is 0 Å². The molecule has 0 atom stereocenters. The third kappa shape index (κ3) is 7.01. The summed E-state index contributed by atoms with van der Waals surface area (Å²) in [4.78, 5) is 34.4. The first-order chi connectivity index (χ1) is 22.4. The first-order valence-corrected chi connectivity index (χ1v) is 16.4. The number of methoxy groups -OCH3 is 2. The highest BCUT2D eigenvalue weighted by Gasteiger charge is 2.20. The van der Waals surface area contributed by atoms with E-state index in [1.165, 1.54) is 28.5 Å². The highest BCUT2D eigenvalue weighted by molar-refractivity contribution is 7.98. The lowest BCUT2D eigenvalue weighted by atomic mass is 9.98. The number of pyridine rings is 1. The molecule has 0 radical (unpaired) electrons. The van der Waals surface area contributed by atoms with Gasteiger partial charge in [0.15, 0.2) is 11.5 Å². The van der Waals surface area contributed by atoms with Gasteiger partial charge in [-0.3, -0.25) is 19.5 Å². The van der Waals surface area contributed by atoms with Crippen molar-refractivity contribution in [3.8, 4) is 11.5 Å². The molecule has 0 spiro atoms. The molecule has 0 bridgehead atoms. The highest BCUT2D eigenvalue weighted by Crippen LogP contribution is 2.33. The number of anilines is 2. The van der Waals surface area contributed by atoms with Crippen molar-refractivity contribution in [3.05, 3.63) is 119 Å². The summed E-state index contributed by atoms with van der Waals surface area (Å²) in [6.45, 7) is 2.79. The van der Waals surface area contributed by atoms with Crippen molar-refractivity contribution in [1.82, 2.24) is 9.88 Å². The number of hydrogen-bond donors (Lipinski definition) is 2. The standard InChI is InChI=1S/C37H36N4O4S/c1-44-34-19-25-15-17-41(23-28(25)20-35(34)45-2)16-14-24-8-10-29(11-9-24)39-37(43)31-21-30(46-3)12-13-33(31)40-36(42)27-18-26-6-4-5-7-32(26)38-22-27/h4-13,18-22H,14-17,23H2,1-3H3,(H,39,43)(H,40,42). The number of ether oxygens (including phenoxy) is 2. The van der Waals surface area contributed by atoms with Crippen molar-refractivity contribution in [2.75, 3.05) is 44.2 Å². The first-order valence-electron chi connectivity index (χ1n) is 15.1. The number of thioether (sulfide) groups is 1. The summed E-state index contributed by atoms with van der Waals surface area (Å²) in [5.41, 5.74) is 6.52. The minimum atomic E-state index is -0.329. The van der Waals surface area contributed by atoms with Crippen molar-refractivity contribution in [1.29, 1.82) is 0 Å². The summed E-state index contributed by atoms with van der Waals surface area (Å²) in [7, 11) is 3.34. The first kappa shape index (κ1) is 31.1. The van der Waals surface area contributed by atoms with Crippen LogP contribution in [0.2, 0.25) is 0 Å². The van der Waals surface area contributed by atoms with Gasteiger partial charge in [0.25, 0.3) is 11.8 Å². The van der Waals surface area contributed by atoms with Crippen LogP contribution in [0.15, 0.2) is 96.0 Å². The second-order valence-electron chi connectivity index (χ2n) is 11.2. The van der Waals surface area contributed by atoms with Gasteiger partial charge < -0.3 is 20.1 Å². The van der Waals surface area contributed by atoms with Gasteiger partial charge in [0, 0.05) is 41.8 Å². The molecule has 1 aromatic heterocycles. The van der Waals surface area contributed by atoms with Gasteiger partial charge in [0.05, 0.1) is 36.6 Å². The van der Waals surface area contributed by atoms with Crippen molar-refractivity contribution >= 4 is 45.9 Å². The van der Waals surface area contributed by atoms with Crippen LogP contribution in [0.4, 0.5) is 11.4 Å². The van der Waals surface area contributed by atoms with E-state index >= 15 is 0 Å². The maximum Gasteiger partial charge on any atom is 0.257 e. The number of benzene rings is 4. The van der Waals surface area contributed by atoms with E-state index in [9.17, 15) is 9.59 Å². The van der Waals surface area contributed by atoms with E-state index in [0.717, 1.165) is 59.8 Å². The molecule has 1 aliphatic heterocycles. The molecule has 5 aromatic rings. The summed E-state index contributed by atoms with van der Waals surface area (Å²) >= 11 is 1.53. The molecule has 2 heterocycles. The van der Waals surface area contributed by atoms with Crippen LogP contribution >= 0.6 is 11.8 Å². The monoisotopic (exact) mass is 632 g/mol. The summed E-state index contributed by atoms with van der Waals surface area (Å²) in [6.07, 6.45) is 5.37. The third-order valence-corrected chi connectivity index (χ3v) is 9.02. The number of rotatable bonds is 10. The minimum absolute atomic E-state index is 0.297. The average Bonchev–Trinajstić information content (AvgIpc) is 3.10. The normalized spacial score (nSPS) is 12.8. The maximum atomic E-state index is 13.5. The Morgan fingerprint density at radius 2 is 1.63 bits per heavy atom. The predicted octanol–water partition coefficient (Wildman–Crippen LogP) is 7.08. The molecule has 0 aliphatic carbocycles. The third-order valence-electron chi connectivity index (χ3n) is 8.30. The van der Waals surface area contributed by atoms with E-state index in [1.54, 1.807) is 38.6 Å². The molecule has 6 rings (SSSR count). The van der Waals surface area contributed by atoms with E-state index in [0.29, 0.717) is 22.5 Å². The van der Waals surface area contributed by atoms with Crippen molar-refractivity contribution in [3.63, 3.8) is 0 Å². The molecular formula is C37H36N4O4S. The molecule has 0 unspecified atom stereocenters. The van der Waals surface area contributed by atoms with Gasteiger partial charge in [-0.15, -0.1) is 11.8 Å². The second kappa shape index (κ2) is 14.1. The van der Waals surface area contributed by atoms with E-state index in [1.807, 2.05) is 48.7 Å². The minimum Gasteiger partial charge on any atom is -0.493 e. The molecule has 234 valence electrons. The number of carbonyl (C=O) groups excluding carboxylic acids is 2. The number of aromatic nitrogens is 1. The number of carbonyl (C=O) groups is 2. The van der Waals surface area contributed by atoms with Crippen LogP contribution in [0.5, 0.6) is 11.5 Å². The molecule has 1 aliphatic rings. The lowest BCUT2D eigenvalue weighted by Gasteiger charge is -2.29. The maximum absolute atomic E-state index is 13.5. The Kier molecular flexibility index (Phi) is 9.51. The molecule has 2 amide bonds. The van der Waals surface area contributed by atoms with Gasteiger partial charge in [0.1, 0.15) is 0 Å². The molecule has 46 heavy (non-hydrogen) atoms. The van der Waals surface area contributed by atoms with Gasteiger partial charge in [0.2, 0.25) is 0 Å². The molecule has 2 N–H and O–H groups in total. The molecular weight excluding hydrogens is 596 g/mol. The highest BCUT2D eigenvalue weighted by atomic mass is 32.2. The number of para-hydroxylation sites is 1. The van der Waals surface area contributed by atoms with Gasteiger partial charge in [-0.05, 0) is 90.4 Å². The molecule has 9 heteroatoms. The van der Waals surface area contributed by atoms with Crippen LogP contribution in [0.1, 0.15) is 37.4 Å². The number of amides is 2. The number of fused-ring (bicyclic) bond motifs is 2. The SMILES string of the molecule is COc1cc2c(cc1OC)CN(CCc1ccc(NC(=O)c3cc(SC)ccc3NC(=O)c3cnc4ccccc4c3)cc1)CC2. The summed E-state index contributed by atoms with van der Waals surface area (Å²) in [6, 6.07) is 27.0. The van der Waals surface area contributed by atoms with Gasteiger partial charge in [-0.1, -0.05) is 30.3 Å². The van der Waals surface area contributed by atoms with E-state index in [-0.39, 0.29) is 11.8 Å². The molecule has 0 saturated heterocycles. The van der Waals surface area contributed by atoms with Gasteiger partial charge in [-0.25, -0.2) is 0 Å². The van der Waals surface area contributed by atoms with Crippen molar-refractivity contribution < 1.29 is 19.1 Å². The van der Waals surface area contributed by atoms with Crippen LogP contribution in [-0.2, 0) is 19.4 Å². The summed E-state index contributed by atoms with van der Waals surface area (Å²) < 4.78 is 11.0. The quantitative estimate of drug-likeness (QED) is 0.159. The second-order valence-corrected chi connectivity index (χ2v) is 12.1. The van der Waals surface area contributed by atoms with Crippen LogP contribution in [-0.4, -0.2) is 55.3 Å². The van der Waals surface area contributed by atoms with Crippen molar-refractivity contribution in [2.24, 2.45) is 0 Å². The lowest BCUT2D eigenvalue weighted by molar-refractivity contribution is 0.102. The predicted molar refractivity (Wildman–Crippen MR) is 185 cm³/mol. The van der Waals surface area contributed by atoms with Crippen molar-refractivity contribution in [2.45, 2.75) is 24.3 Å². The number of nitrogens with one attached hydrogen (secondary N) is 2. The largest absolute Gasteiger partial charge is 0.493 e. The summed E-state index contributed by atoms with van der Waals surface area (Å²) in [5.74, 6) is 0.912. The zero-order chi connectivity index (χ0) is 32.0. The lowest BCUT2D eigenvalue weighted by Crippen LogP contribution is -2.32. The topological polar surface area (TPSA) is 92.8 Å². The van der Waals surface area contributed by atoms with Crippen LogP contribution in [0.3, 0.4) is 0 Å². The molecule has 8 nitrogen and oxygen atoms in total. The molecule has 0 saturated carbocycles. The zero-order valence-electron chi connectivity index (χ0n) is 26.1. The van der Waals surface area contributed by atoms with E-state index < -0.39 is 0 Å². The van der Waals surface area contributed by atoms with Crippen LogP contribution in [0.25, 0.3) is 10.9 Å². The molecule has 0 fully saturated rings. The summed E-state index contributed by atoms with van der Waals surface area (Å²) in [5, 5.41) is 6.80. The van der Waals surface area contributed by atoms with Crippen LogP contribution < -0.4 is 20.1 Å². The fourth-order valence-corrected chi connectivity index (χ4v) is 6.15. The van der Waals surface area contributed by atoms with E-state index in [2.05, 4.69) is 44.8 Å². The van der Waals surface area contributed by atoms with Crippen LogP contribution in [0, 0.1) is 0 Å². The Hall–Kier alpha value is -4.86. The van der Waals surface area contributed by atoms with Gasteiger partial charge >= 0.3 is 0 Å². The zero-order valence-corrected chi connectivity index (χ0v) is 26.9.